The summed E-state index contributed by atoms with van der Waals surface area (Å²) in [6.45, 7) is 3.91. The van der Waals surface area contributed by atoms with Gasteiger partial charge in [0.05, 0.1) is 4.90 Å². The van der Waals surface area contributed by atoms with Crippen molar-refractivity contribution in [2.24, 2.45) is 0 Å². The topological polar surface area (TPSA) is 87.3 Å². The van der Waals surface area contributed by atoms with Crippen LogP contribution in [0.25, 0.3) is 0 Å². The van der Waals surface area contributed by atoms with Gasteiger partial charge in [-0.1, -0.05) is 12.1 Å². The van der Waals surface area contributed by atoms with E-state index in [2.05, 4.69) is 15.4 Å². The first-order valence-electron chi connectivity index (χ1n) is 8.07. The van der Waals surface area contributed by atoms with Crippen molar-refractivity contribution in [1.82, 2.24) is 10.6 Å². The van der Waals surface area contributed by atoms with Crippen molar-refractivity contribution < 1.29 is 17.6 Å². The minimum atomic E-state index is -3.96. The third-order valence-electron chi connectivity index (χ3n) is 3.89. The standard InChI is InChI=1S/C18H22FN3O3S.ClH/c1-12-7-8-16(10-17(12)19)26(24,25)22-15-6-4-5-14(9-15)18(23)21-11-13(2)20-3;/h4-10,13,20,22H,11H2,1-3H3,(H,21,23);1H. The van der Waals surface area contributed by atoms with Crippen LogP contribution in [0.1, 0.15) is 22.8 Å². The van der Waals surface area contributed by atoms with Crippen LogP contribution < -0.4 is 15.4 Å². The van der Waals surface area contributed by atoms with Gasteiger partial charge in [-0.3, -0.25) is 9.52 Å². The molecule has 0 aliphatic heterocycles. The molecule has 0 saturated heterocycles. The quantitative estimate of drug-likeness (QED) is 0.648. The summed E-state index contributed by atoms with van der Waals surface area (Å²) in [5.74, 6) is -0.908. The van der Waals surface area contributed by atoms with Crippen molar-refractivity contribution in [2.75, 3.05) is 18.3 Å². The van der Waals surface area contributed by atoms with Crippen LogP contribution in [-0.2, 0) is 10.0 Å². The molecule has 9 heteroatoms. The molecule has 6 nitrogen and oxygen atoms in total. The summed E-state index contributed by atoms with van der Waals surface area (Å²) in [5, 5.41) is 5.76. The molecule has 0 radical (unpaired) electrons. The highest BCUT2D eigenvalue weighted by atomic mass is 35.5. The minimum absolute atomic E-state index is 0. The summed E-state index contributed by atoms with van der Waals surface area (Å²) < 4.78 is 40.8. The fourth-order valence-electron chi connectivity index (χ4n) is 2.13. The van der Waals surface area contributed by atoms with E-state index in [9.17, 15) is 17.6 Å². The average Bonchev–Trinajstić information content (AvgIpc) is 2.61. The molecule has 2 aromatic rings. The first kappa shape index (κ1) is 22.9. The number of hydrogen-bond acceptors (Lipinski definition) is 4. The van der Waals surface area contributed by atoms with Crippen molar-refractivity contribution in [2.45, 2.75) is 24.8 Å². The molecule has 2 rings (SSSR count). The van der Waals surface area contributed by atoms with Gasteiger partial charge < -0.3 is 10.6 Å². The number of sulfonamides is 1. The van der Waals surface area contributed by atoms with E-state index in [4.69, 9.17) is 0 Å². The highest BCUT2D eigenvalue weighted by Crippen LogP contribution is 2.19. The van der Waals surface area contributed by atoms with Gasteiger partial charge in [0.25, 0.3) is 15.9 Å². The van der Waals surface area contributed by atoms with E-state index >= 15 is 0 Å². The number of likely N-dealkylation sites (N-methyl/N-ethyl adjacent to an activating group) is 1. The van der Waals surface area contributed by atoms with Gasteiger partial charge in [-0.25, -0.2) is 12.8 Å². The van der Waals surface area contributed by atoms with Crippen molar-refractivity contribution >= 4 is 34.0 Å². The summed E-state index contributed by atoms with van der Waals surface area (Å²) in [6, 6.07) is 9.92. The Morgan fingerprint density at radius 3 is 2.52 bits per heavy atom. The van der Waals surface area contributed by atoms with Gasteiger partial charge in [0.1, 0.15) is 5.82 Å². The molecule has 0 aliphatic carbocycles. The summed E-state index contributed by atoms with van der Waals surface area (Å²) >= 11 is 0. The minimum Gasteiger partial charge on any atom is -0.350 e. The molecule has 27 heavy (non-hydrogen) atoms. The maximum absolute atomic E-state index is 13.6. The van der Waals surface area contributed by atoms with E-state index in [1.807, 2.05) is 6.92 Å². The van der Waals surface area contributed by atoms with E-state index < -0.39 is 15.8 Å². The number of amides is 1. The molecule has 1 atom stereocenters. The molecule has 1 amide bonds. The van der Waals surface area contributed by atoms with Gasteiger partial charge >= 0.3 is 0 Å². The summed E-state index contributed by atoms with van der Waals surface area (Å²) in [4.78, 5) is 12.0. The fraction of sp³-hybridized carbons (Fsp3) is 0.278. The molecule has 1 unspecified atom stereocenters. The smallest absolute Gasteiger partial charge is 0.261 e. The second kappa shape index (κ2) is 9.68. The van der Waals surface area contributed by atoms with Crippen LogP contribution in [-0.4, -0.2) is 34.0 Å². The number of halogens is 2. The Labute approximate surface area is 165 Å². The Kier molecular flexibility index (Phi) is 8.20. The lowest BCUT2D eigenvalue weighted by Gasteiger charge is -2.13. The van der Waals surface area contributed by atoms with E-state index in [0.29, 0.717) is 17.7 Å². The van der Waals surface area contributed by atoms with Crippen LogP contribution in [0.2, 0.25) is 0 Å². The number of rotatable bonds is 7. The first-order valence-corrected chi connectivity index (χ1v) is 9.56. The van der Waals surface area contributed by atoms with Crippen LogP contribution in [0, 0.1) is 12.7 Å². The zero-order valence-electron chi connectivity index (χ0n) is 15.2. The van der Waals surface area contributed by atoms with Crippen LogP contribution in [0.4, 0.5) is 10.1 Å². The van der Waals surface area contributed by atoms with Gasteiger partial charge in [-0.15, -0.1) is 12.4 Å². The van der Waals surface area contributed by atoms with Gasteiger partial charge in [-0.2, -0.15) is 0 Å². The van der Waals surface area contributed by atoms with E-state index in [1.54, 1.807) is 26.1 Å². The van der Waals surface area contributed by atoms with E-state index in [0.717, 1.165) is 6.07 Å². The fourth-order valence-corrected chi connectivity index (χ4v) is 3.19. The Bertz CT molecular complexity index is 906. The lowest BCUT2D eigenvalue weighted by molar-refractivity contribution is 0.0950. The zero-order valence-corrected chi connectivity index (χ0v) is 16.9. The average molecular weight is 416 g/mol. The van der Waals surface area contributed by atoms with Crippen LogP contribution in [0.15, 0.2) is 47.4 Å². The lowest BCUT2D eigenvalue weighted by Crippen LogP contribution is -2.37. The number of aryl methyl sites for hydroxylation is 1. The summed E-state index contributed by atoms with van der Waals surface area (Å²) in [6.07, 6.45) is 0. The zero-order chi connectivity index (χ0) is 19.3. The van der Waals surface area contributed by atoms with E-state index in [-0.39, 0.29) is 34.9 Å². The highest BCUT2D eigenvalue weighted by Gasteiger charge is 2.16. The van der Waals surface area contributed by atoms with Crippen LogP contribution in [0.5, 0.6) is 0 Å². The molecule has 0 heterocycles. The number of hydrogen-bond donors (Lipinski definition) is 3. The molecule has 148 valence electrons. The van der Waals surface area contributed by atoms with Crippen molar-refractivity contribution in [3.05, 3.63) is 59.4 Å². The Morgan fingerprint density at radius 2 is 1.89 bits per heavy atom. The van der Waals surface area contributed by atoms with Crippen molar-refractivity contribution in [1.29, 1.82) is 0 Å². The normalized spacial score (nSPS) is 12.0. The van der Waals surface area contributed by atoms with Gasteiger partial charge in [-0.05, 0) is 56.8 Å². The number of carbonyl (C=O) groups is 1. The molecule has 0 fully saturated rings. The van der Waals surface area contributed by atoms with Crippen LogP contribution >= 0.6 is 12.4 Å². The van der Waals surface area contributed by atoms with Gasteiger partial charge in [0.15, 0.2) is 0 Å². The second-order valence-corrected chi connectivity index (χ2v) is 7.68. The Morgan fingerprint density at radius 1 is 1.19 bits per heavy atom. The first-order chi connectivity index (χ1) is 12.2. The maximum Gasteiger partial charge on any atom is 0.261 e. The molecule has 3 N–H and O–H groups in total. The van der Waals surface area contributed by atoms with Crippen molar-refractivity contribution in [3.8, 4) is 0 Å². The molecular weight excluding hydrogens is 393 g/mol. The second-order valence-electron chi connectivity index (χ2n) is 6.00. The number of benzene rings is 2. The largest absolute Gasteiger partial charge is 0.350 e. The summed E-state index contributed by atoms with van der Waals surface area (Å²) in [5.41, 5.74) is 0.905. The molecule has 0 bridgehead atoms. The molecule has 0 aromatic heterocycles. The number of nitrogens with one attached hydrogen (secondary N) is 3. The number of anilines is 1. The third-order valence-corrected chi connectivity index (χ3v) is 5.27. The SMILES string of the molecule is CNC(C)CNC(=O)c1cccc(NS(=O)(=O)c2ccc(C)c(F)c2)c1.Cl. The summed E-state index contributed by atoms with van der Waals surface area (Å²) in [7, 11) is -2.16. The molecular formula is C18H23ClFN3O3S. The number of carbonyl (C=O) groups excluding carboxylic acids is 1. The Hall–Kier alpha value is -2.16. The van der Waals surface area contributed by atoms with Crippen molar-refractivity contribution in [3.63, 3.8) is 0 Å². The molecule has 0 spiro atoms. The van der Waals surface area contributed by atoms with Gasteiger partial charge in [0.2, 0.25) is 0 Å². The third kappa shape index (κ3) is 6.20. The Balaban J connectivity index is 0.00000364. The molecule has 2 aromatic carbocycles. The predicted molar refractivity (Wildman–Crippen MR) is 106 cm³/mol. The maximum atomic E-state index is 13.6. The predicted octanol–water partition coefficient (Wildman–Crippen LogP) is 2.69. The van der Waals surface area contributed by atoms with Gasteiger partial charge in [0, 0.05) is 23.8 Å². The highest BCUT2D eigenvalue weighted by molar-refractivity contribution is 7.92. The van der Waals surface area contributed by atoms with E-state index in [1.165, 1.54) is 24.3 Å². The monoisotopic (exact) mass is 415 g/mol. The molecule has 0 saturated carbocycles. The van der Waals surface area contributed by atoms with Crippen LogP contribution in [0.3, 0.4) is 0 Å². The lowest BCUT2D eigenvalue weighted by atomic mass is 10.2. The molecule has 0 aliphatic rings.